The Kier molecular flexibility index (Phi) is 4.45. The van der Waals surface area contributed by atoms with Gasteiger partial charge in [-0.2, -0.15) is 0 Å². The molecule has 0 aliphatic rings. The minimum atomic E-state index is -0.152. The highest BCUT2D eigenvalue weighted by Crippen LogP contribution is 2.24. The predicted molar refractivity (Wildman–Crippen MR) is 107 cm³/mol. The summed E-state index contributed by atoms with van der Waals surface area (Å²) in [5.41, 5.74) is 1.67. The van der Waals surface area contributed by atoms with E-state index >= 15 is 0 Å². The van der Waals surface area contributed by atoms with Crippen LogP contribution in [0.4, 0.5) is 0 Å². The van der Waals surface area contributed by atoms with E-state index in [1.807, 2.05) is 12.1 Å². The van der Waals surface area contributed by atoms with Gasteiger partial charge in [-0.15, -0.1) is 0 Å². The second-order valence-corrected chi connectivity index (χ2v) is 6.78. The first-order valence-corrected chi connectivity index (χ1v) is 8.89. The van der Waals surface area contributed by atoms with E-state index < -0.39 is 0 Å². The van der Waals surface area contributed by atoms with E-state index in [9.17, 15) is 4.79 Å². The van der Waals surface area contributed by atoms with Gasteiger partial charge >= 0.3 is 0 Å². The number of hydrogen-bond donors (Lipinski definition) is 2. The Labute approximate surface area is 155 Å². The summed E-state index contributed by atoms with van der Waals surface area (Å²) in [4.78, 5) is 19.6. The summed E-state index contributed by atoms with van der Waals surface area (Å²) in [5.74, 6) is 0.594. The Morgan fingerprint density at radius 1 is 1.08 bits per heavy atom. The largest absolute Gasteiger partial charge is 0.309 e. The van der Waals surface area contributed by atoms with Gasteiger partial charge in [0.05, 0.1) is 17.4 Å². The van der Waals surface area contributed by atoms with Crippen molar-refractivity contribution in [2.45, 2.75) is 19.5 Å². The molecule has 4 rings (SSSR count). The number of H-pyrrole nitrogens is 1. The fraction of sp³-hybridized carbons (Fsp3) is 0.143. The van der Waals surface area contributed by atoms with Gasteiger partial charge in [0.15, 0.2) is 0 Å². The highest BCUT2D eigenvalue weighted by atomic mass is 35.5. The first-order valence-electron chi connectivity index (χ1n) is 8.51. The number of aromatic amines is 1. The van der Waals surface area contributed by atoms with Crippen molar-refractivity contribution in [3.63, 3.8) is 0 Å². The Morgan fingerprint density at radius 2 is 1.88 bits per heavy atom. The van der Waals surface area contributed by atoms with Gasteiger partial charge in [-0.1, -0.05) is 54.1 Å². The third-order valence-corrected chi connectivity index (χ3v) is 4.82. The third-order valence-electron chi connectivity index (χ3n) is 4.58. The number of nitrogens with one attached hydrogen (secondary N) is 2. The van der Waals surface area contributed by atoms with Crippen LogP contribution in [-0.4, -0.2) is 9.97 Å². The van der Waals surface area contributed by atoms with E-state index in [-0.39, 0.29) is 11.6 Å². The SMILES string of the molecule is C[C@@H](NCc1nc2cc(Cl)ccc2c(=O)[nH]1)c1cccc2ccccc12. The molecule has 0 unspecified atom stereocenters. The summed E-state index contributed by atoms with van der Waals surface area (Å²) >= 11 is 6.02. The van der Waals surface area contributed by atoms with Gasteiger partial charge in [-0.05, 0) is 41.5 Å². The average Bonchev–Trinajstić information content (AvgIpc) is 2.65. The monoisotopic (exact) mass is 363 g/mol. The fourth-order valence-corrected chi connectivity index (χ4v) is 3.40. The molecule has 4 aromatic rings. The summed E-state index contributed by atoms with van der Waals surface area (Å²) in [5, 5.41) is 7.00. The topological polar surface area (TPSA) is 57.8 Å². The molecule has 0 radical (unpaired) electrons. The zero-order valence-electron chi connectivity index (χ0n) is 14.3. The lowest BCUT2D eigenvalue weighted by atomic mass is 10.00. The molecule has 1 heterocycles. The molecule has 0 spiro atoms. The van der Waals surface area contributed by atoms with Gasteiger partial charge in [0.2, 0.25) is 0 Å². The number of halogens is 1. The van der Waals surface area contributed by atoms with E-state index in [0.29, 0.717) is 28.3 Å². The van der Waals surface area contributed by atoms with Gasteiger partial charge in [0, 0.05) is 11.1 Å². The minimum Gasteiger partial charge on any atom is -0.309 e. The molecule has 26 heavy (non-hydrogen) atoms. The van der Waals surface area contributed by atoms with E-state index in [4.69, 9.17) is 11.6 Å². The van der Waals surface area contributed by atoms with E-state index in [1.165, 1.54) is 16.3 Å². The van der Waals surface area contributed by atoms with Crippen LogP contribution in [0, 0.1) is 0 Å². The molecule has 0 amide bonds. The number of benzene rings is 3. The molecular weight excluding hydrogens is 346 g/mol. The van der Waals surface area contributed by atoms with Crippen molar-refractivity contribution in [3.8, 4) is 0 Å². The predicted octanol–water partition coefficient (Wildman–Crippen LogP) is 4.58. The molecular formula is C21H18ClN3O. The maximum atomic E-state index is 12.2. The molecule has 2 N–H and O–H groups in total. The van der Waals surface area contributed by atoms with Crippen LogP contribution in [0.15, 0.2) is 65.5 Å². The highest BCUT2D eigenvalue weighted by Gasteiger charge is 2.10. The molecule has 130 valence electrons. The third kappa shape index (κ3) is 3.21. The zero-order valence-corrected chi connectivity index (χ0v) is 15.0. The first kappa shape index (κ1) is 16.8. The fourth-order valence-electron chi connectivity index (χ4n) is 3.23. The standard InChI is InChI=1S/C21H18ClN3O/c1-13(16-8-4-6-14-5-2-3-7-17(14)16)23-12-20-24-19-11-15(22)9-10-18(19)21(26)25-20/h2-11,13,23H,12H2,1H3,(H,24,25,26)/t13-/m1/s1. The Hall–Kier alpha value is -2.69. The van der Waals surface area contributed by atoms with E-state index in [1.54, 1.807) is 18.2 Å². The van der Waals surface area contributed by atoms with Crippen LogP contribution in [0.1, 0.15) is 24.4 Å². The van der Waals surface area contributed by atoms with Gasteiger partial charge in [0.1, 0.15) is 5.82 Å². The summed E-state index contributed by atoms with van der Waals surface area (Å²) in [7, 11) is 0. The van der Waals surface area contributed by atoms with Crippen molar-refractivity contribution in [2.75, 3.05) is 0 Å². The summed E-state index contributed by atoms with van der Waals surface area (Å²) < 4.78 is 0. The Bertz CT molecular complexity index is 1150. The van der Waals surface area contributed by atoms with E-state index in [0.717, 1.165) is 0 Å². The van der Waals surface area contributed by atoms with Crippen molar-refractivity contribution in [1.82, 2.24) is 15.3 Å². The van der Waals surface area contributed by atoms with Crippen molar-refractivity contribution < 1.29 is 0 Å². The maximum Gasteiger partial charge on any atom is 0.258 e. The second-order valence-electron chi connectivity index (χ2n) is 6.35. The molecule has 5 heteroatoms. The average molecular weight is 364 g/mol. The number of rotatable bonds is 4. The summed E-state index contributed by atoms with van der Waals surface area (Å²) in [6, 6.07) is 19.8. The van der Waals surface area contributed by atoms with Crippen LogP contribution in [0.25, 0.3) is 21.7 Å². The van der Waals surface area contributed by atoms with Crippen molar-refractivity contribution in [1.29, 1.82) is 0 Å². The van der Waals surface area contributed by atoms with E-state index in [2.05, 4.69) is 52.5 Å². The molecule has 0 aliphatic carbocycles. The zero-order chi connectivity index (χ0) is 18.1. The van der Waals surface area contributed by atoms with Crippen LogP contribution in [0.5, 0.6) is 0 Å². The normalized spacial score (nSPS) is 12.5. The Morgan fingerprint density at radius 3 is 2.77 bits per heavy atom. The van der Waals surface area contributed by atoms with Crippen LogP contribution in [-0.2, 0) is 6.54 Å². The van der Waals surface area contributed by atoms with Crippen LogP contribution in [0.2, 0.25) is 5.02 Å². The lowest BCUT2D eigenvalue weighted by Crippen LogP contribution is -2.22. The van der Waals surface area contributed by atoms with Crippen molar-refractivity contribution in [2.24, 2.45) is 0 Å². The number of hydrogen-bond acceptors (Lipinski definition) is 3. The van der Waals surface area contributed by atoms with Gasteiger partial charge in [0.25, 0.3) is 5.56 Å². The molecule has 1 aromatic heterocycles. The molecule has 0 aliphatic heterocycles. The number of nitrogens with zero attached hydrogens (tertiary/aromatic N) is 1. The molecule has 3 aromatic carbocycles. The minimum absolute atomic E-state index is 0.112. The second kappa shape index (κ2) is 6.90. The van der Waals surface area contributed by atoms with Crippen LogP contribution >= 0.6 is 11.6 Å². The number of aromatic nitrogens is 2. The summed E-state index contributed by atoms with van der Waals surface area (Å²) in [6.45, 7) is 2.57. The Balaban J connectivity index is 1.60. The van der Waals surface area contributed by atoms with Gasteiger partial charge in [-0.25, -0.2) is 4.98 Å². The number of fused-ring (bicyclic) bond motifs is 2. The molecule has 0 saturated heterocycles. The quantitative estimate of drug-likeness (QED) is 0.558. The lowest BCUT2D eigenvalue weighted by Gasteiger charge is -2.16. The smallest absolute Gasteiger partial charge is 0.258 e. The van der Waals surface area contributed by atoms with Crippen LogP contribution in [0.3, 0.4) is 0 Å². The lowest BCUT2D eigenvalue weighted by molar-refractivity contribution is 0.562. The molecule has 0 bridgehead atoms. The first-order chi connectivity index (χ1) is 12.6. The maximum absolute atomic E-state index is 12.2. The van der Waals surface area contributed by atoms with Crippen molar-refractivity contribution in [3.05, 3.63) is 87.4 Å². The van der Waals surface area contributed by atoms with Gasteiger partial charge < -0.3 is 10.3 Å². The van der Waals surface area contributed by atoms with Crippen LogP contribution < -0.4 is 10.9 Å². The molecule has 4 nitrogen and oxygen atoms in total. The van der Waals surface area contributed by atoms with Gasteiger partial charge in [-0.3, -0.25) is 4.79 Å². The molecule has 0 saturated carbocycles. The summed E-state index contributed by atoms with van der Waals surface area (Å²) in [6.07, 6.45) is 0. The molecule has 1 atom stereocenters. The van der Waals surface area contributed by atoms with Crippen molar-refractivity contribution >= 4 is 33.3 Å². The highest BCUT2D eigenvalue weighted by molar-refractivity contribution is 6.31. The molecule has 0 fully saturated rings.